The fraction of sp³-hybridized carbons (Fsp3) is 0.857. The average molecular weight is 208 g/mol. The van der Waals surface area contributed by atoms with Gasteiger partial charge in [0, 0.05) is 11.3 Å². The first-order valence-corrected chi connectivity index (χ1v) is 6.06. The van der Waals surface area contributed by atoms with Crippen LogP contribution >= 0.6 is 0 Å². The van der Waals surface area contributed by atoms with E-state index in [2.05, 4.69) is 53.4 Å². The van der Waals surface area contributed by atoms with Crippen molar-refractivity contribution in [3.05, 3.63) is 0 Å². The minimum Gasteiger partial charge on any atom is -0.374 e. The smallest absolute Gasteiger partial charge is 0.0785 e. The van der Waals surface area contributed by atoms with Crippen molar-refractivity contribution < 1.29 is 4.74 Å². The maximum absolute atomic E-state index is 5.85. The molecular formula is C14H24O. The molecule has 0 aromatic heterocycles. The molecule has 15 heavy (non-hydrogen) atoms. The Hall–Kier alpha value is -0.480. The van der Waals surface area contributed by atoms with Gasteiger partial charge in [-0.25, -0.2) is 0 Å². The van der Waals surface area contributed by atoms with Crippen LogP contribution in [0.5, 0.6) is 0 Å². The summed E-state index contributed by atoms with van der Waals surface area (Å²) in [6, 6.07) is 0. The molecule has 86 valence electrons. The summed E-state index contributed by atoms with van der Waals surface area (Å²) in [6.45, 7) is 13.0. The molecule has 1 fully saturated rings. The van der Waals surface area contributed by atoms with E-state index in [1.54, 1.807) is 0 Å². The summed E-state index contributed by atoms with van der Waals surface area (Å²) in [5, 5.41) is 0. The monoisotopic (exact) mass is 208 g/mol. The zero-order valence-electron chi connectivity index (χ0n) is 10.9. The SMILES string of the molecule is CCC(C)C#CC1C(OC(C)C)C1(C)C. The predicted molar refractivity (Wildman–Crippen MR) is 64.5 cm³/mol. The molecule has 0 bridgehead atoms. The summed E-state index contributed by atoms with van der Waals surface area (Å²) in [7, 11) is 0. The summed E-state index contributed by atoms with van der Waals surface area (Å²) in [4.78, 5) is 0. The van der Waals surface area contributed by atoms with Gasteiger partial charge in [-0.3, -0.25) is 0 Å². The predicted octanol–water partition coefficient (Wildman–Crippen LogP) is 3.49. The molecule has 1 saturated carbocycles. The van der Waals surface area contributed by atoms with E-state index in [0.29, 0.717) is 24.0 Å². The molecule has 0 aliphatic heterocycles. The van der Waals surface area contributed by atoms with Crippen molar-refractivity contribution in [1.82, 2.24) is 0 Å². The third kappa shape index (κ3) is 2.98. The van der Waals surface area contributed by atoms with Gasteiger partial charge in [0.15, 0.2) is 0 Å². The topological polar surface area (TPSA) is 9.23 Å². The lowest BCUT2D eigenvalue weighted by Crippen LogP contribution is -2.08. The van der Waals surface area contributed by atoms with Crippen LogP contribution in [0, 0.1) is 29.1 Å². The minimum atomic E-state index is 0.255. The molecule has 3 unspecified atom stereocenters. The van der Waals surface area contributed by atoms with Crippen molar-refractivity contribution >= 4 is 0 Å². The van der Waals surface area contributed by atoms with Gasteiger partial charge in [-0.1, -0.05) is 39.5 Å². The molecule has 1 aliphatic carbocycles. The molecule has 0 heterocycles. The number of rotatable bonds is 3. The second-order valence-electron chi connectivity index (χ2n) is 5.50. The summed E-state index contributed by atoms with van der Waals surface area (Å²) in [5.74, 6) is 7.65. The summed E-state index contributed by atoms with van der Waals surface area (Å²) in [6.07, 6.45) is 1.79. The molecule has 1 rings (SSSR count). The van der Waals surface area contributed by atoms with Gasteiger partial charge in [-0.05, 0) is 20.3 Å². The third-order valence-corrected chi connectivity index (χ3v) is 3.24. The van der Waals surface area contributed by atoms with Crippen LogP contribution in [-0.2, 0) is 4.74 Å². The number of hydrogen-bond acceptors (Lipinski definition) is 1. The van der Waals surface area contributed by atoms with Crippen LogP contribution in [0.15, 0.2) is 0 Å². The Bertz CT molecular complexity index is 267. The maximum Gasteiger partial charge on any atom is 0.0785 e. The van der Waals surface area contributed by atoms with Crippen LogP contribution in [0.4, 0.5) is 0 Å². The van der Waals surface area contributed by atoms with E-state index < -0.39 is 0 Å². The van der Waals surface area contributed by atoms with Crippen LogP contribution in [0.2, 0.25) is 0 Å². The molecule has 1 heteroatoms. The lowest BCUT2D eigenvalue weighted by Gasteiger charge is -2.07. The first-order valence-electron chi connectivity index (χ1n) is 6.06. The summed E-state index contributed by atoms with van der Waals surface area (Å²) < 4.78 is 5.85. The normalized spacial score (nSPS) is 29.5. The van der Waals surface area contributed by atoms with E-state index in [4.69, 9.17) is 4.74 Å². The van der Waals surface area contributed by atoms with Crippen molar-refractivity contribution in [2.24, 2.45) is 17.3 Å². The molecule has 0 aromatic carbocycles. The molecule has 0 N–H and O–H groups in total. The van der Waals surface area contributed by atoms with Gasteiger partial charge in [0.25, 0.3) is 0 Å². The highest BCUT2D eigenvalue weighted by molar-refractivity contribution is 5.24. The van der Waals surface area contributed by atoms with E-state index in [9.17, 15) is 0 Å². The highest BCUT2D eigenvalue weighted by atomic mass is 16.5. The lowest BCUT2D eigenvalue weighted by molar-refractivity contribution is 0.0436. The van der Waals surface area contributed by atoms with Gasteiger partial charge in [-0.2, -0.15) is 0 Å². The van der Waals surface area contributed by atoms with E-state index >= 15 is 0 Å². The van der Waals surface area contributed by atoms with Crippen molar-refractivity contribution in [1.29, 1.82) is 0 Å². The first-order chi connectivity index (χ1) is 6.89. The molecule has 1 aliphatic rings. The molecule has 0 radical (unpaired) electrons. The van der Waals surface area contributed by atoms with Crippen LogP contribution in [-0.4, -0.2) is 12.2 Å². The van der Waals surface area contributed by atoms with Gasteiger partial charge in [0.1, 0.15) is 0 Å². The zero-order chi connectivity index (χ0) is 11.6. The summed E-state index contributed by atoms with van der Waals surface area (Å²) in [5.41, 5.74) is 0.255. The fourth-order valence-corrected chi connectivity index (χ4v) is 1.73. The van der Waals surface area contributed by atoms with Gasteiger partial charge in [0.05, 0.1) is 18.1 Å². The van der Waals surface area contributed by atoms with Crippen LogP contribution in [0.25, 0.3) is 0 Å². The fourth-order valence-electron chi connectivity index (χ4n) is 1.73. The molecule has 0 aromatic rings. The highest BCUT2D eigenvalue weighted by Gasteiger charge is 2.58. The van der Waals surface area contributed by atoms with Crippen molar-refractivity contribution in [2.45, 2.75) is 60.2 Å². The largest absolute Gasteiger partial charge is 0.374 e. The third-order valence-electron chi connectivity index (χ3n) is 3.24. The van der Waals surface area contributed by atoms with E-state index in [0.717, 1.165) is 6.42 Å². The number of ether oxygens (including phenoxy) is 1. The Morgan fingerprint density at radius 2 is 1.87 bits per heavy atom. The van der Waals surface area contributed by atoms with Crippen molar-refractivity contribution in [2.75, 3.05) is 0 Å². The minimum absolute atomic E-state index is 0.255. The Morgan fingerprint density at radius 1 is 1.27 bits per heavy atom. The van der Waals surface area contributed by atoms with Gasteiger partial charge >= 0.3 is 0 Å². The molecule has 0 spiro atoms. The Labute approximate surface area is 94.6 Å². The molecule has 1 nitrogen and oxygen atoms in total. The Kier molecular flexibility index (Phi) is 3.84. The Morgan fingerprint density at radius 3 is 2.33 bits per heavy atom. The van der Waals surface area contributed by atoms with Gasteiger partial charge < -0.3 is 4.74 Å². The quantitative estimate of drug-likeness (QED) is 0.645. The highest BCUT2D eigenvalue weighted by Crippen LogP contribution is 2.54. The lowest BCUT2D eigenvalue weighted by atomic mass is 10.1. The number of hydrogen-bond donors (Lipinski definition) is 0. The van der Waals surface area contributed by atoms with Crippen LogP contribution < -0.4 is 0 Å². The standard InChI is InChI=1S/C14H24O/c1-7-11(4)8-9-12-13(14(12,5)6)15-10(2)3/h10-13H,7H2,1-6H3. The first kappa shape index (κ1) is 12.6. The molecule has 0 saturated heterocycles. The van der Waals surface area contributed by atoms with Crippen molar-refractivity contribution in [3.63, 3.8) is 0 Å². The molecular weight excluding hydrogens is 184 g/mol. The van der Waals surface area contributed by atoms with Crippen LogP contribution in [0.3, 0.4) is 0 Å². The van der Waals surface area contributed by atoms with E-state index in [-0.39, 0.29) is 5.41 Å². The zero-order valence-corrected chi connectivity index (χ0v) is 10.9. The average Bonchev–Trinajstić information content (AvgIpc) is 2.63. The van der Waals surface area contributed by atoms with Crippen LogP contribution in [0.1, 0.15) is 48.0 Å². The summed E-state index contributed by atoms with van der Waals surface area (Å²) >= 11 is 0. The van der Waals surface area contributed by atoms with Crippen molar-refractivity contribution in [3.8, 4) is 11.8 Å². The van der Waals surface area contributed by atoms with E-state index in [1.807, 2.05) is 0 Å². The van der Waals surface area contributed by atoms with E-state index in [1.165, 1.54) is 0 Å². The second-order valence-corrected chi connectivity index (χ2v) is 5.50. The maximum atomic E-state index is 5.85. The Balaban J connectivity index is 2.53. The second kappa shape index (κ2) is 4.58. The van der Waals surface area contributed by atoms with Gasteiger partial charge in [0.2, 0.25) is 0 Å². The molecule has 0 amide bonds. The molecule has 3 atom stereocenters. The van der Waals surface area contributed by atoms with Gasteiger partial charge in [-0.15, -0.1) is 0 Å².